The summed E-state index contributed by atoms with van der Waals surface area (Å²) in [6.07, 6.45) is 83.9. The number of rotatable bonds is 69. The molecule has 80 heavy (non-hydrogen) atoms. The highest BCUT2D eigenvalue weighted by Gasteiger charge is 2.20. The number of ether oxygens (including phenoxy) is 3. The maximum atomic E-state index is 13.0. The van der Waals surface area contributed by atoms with Gasteiger partial charge in [0, 0.05) is 19.3 Å². The summed E-state index contributed by atoms with van der Waals surface area (Å²) in [4.78, 5) is 38.5. The molecular weight excluding hydrogens is 985 g/mol. The van der Waals surface area contributed by atoms with E-state index in [1.165, 1.54) is 321 Å². The minimum absolute atomic E-state index is 0.0654. The van der Waals surface area contributed by atoms with Crippen LogP contribution in [-0.2, 0) is 28.6 Å². The topological polar surface area (TPSA) is 78.9 Å². The van der Waals surface area contributed by atoms with Crippen molar-refractivity contribution in [2.24, 2.45) is 0 Å². The zero-order valence-electron chi connectivity index (χ0n) is 54.6. The Labute approximate surface area is 501 Å². The lowest BCUT2D eigenvalue weighted by Gasteiger charge is -2.18. The van der Waals surface area contributed by atoms with E-state index in [-0.39, 0.29) is 31.1 Å². The fourth-order valence-corrected chi connectivity index (χ4v) is 11.5. The summed E-state index contributed by atoms with van der Waals surface area (Å²) in [5.74, 6) is -0.836. The van der Waals surface area contributed by atoms with E-state index in [1.54, 1.807) is 0 Å². The Hall–Kier alpha value is -1.85. The fourth-order valence-electron chi connectivity index (χ4n) is 11.5. The summed E-state index contributed by atoms with van der Waals surface area (Å²) >= 11 is 0. The molecular formula is C74H142O6. The molecule has 0 spiro atoms. The number of carbonyl (C=O) groups excluding carboxylic acids is 3. The molecule has 474 valence electrons. The van der Waals surface area contributed by atoms with Crippen LogP contribution in [0.4, 0.5) is 0 Å². The zero-order chi connectivity index (χ0) is 57.8. The molecule has 6 heteroatoms. The monoisotopic (exact) mass is 1130 g/mol. The van der Waals surface area contributed by atoms with Gasteiger partial charge in [-0.05, 0) is 44.9 Å². The Morgan fingerprint density at radius 3 is 0.625 bits per heavy atom. The van der Waals surface area contributed by atoms with E-state index >= 15 is 0 Å². The third-order valence-electron chi connectivity index (χ3n) is 17.0. The molecule has 1 unspecified atom stereocenters. The third-order valence-corrected chi connectivity index (χ3v) is 17.0. The highest BCUT2D eigenvalue weighted by Crippen LogP contribution is 2.19. The zero-order valence-corrected chi connectivity index (χ0v) is 54.6. The van der Waals surface area contributed by atoms with Crippen LogP contribution in [0.2, 0.25) is 0 Å². The van der Waals surface area contributed by atoms with Crippen molar-refractivity contribution in [2.75, 3.05) is 13.2 Å². The average molecular weight is 1130 g/mol. The van der Waals surface area contributed by atoms with Crippen molar-refractivity contribution in [2.45, 2.75) is 431 Å². The molecule has 0 bridgehead atoms. The predicted octanol–water partition coefficient (Wildman–Crippen LogP) is 25.2. The summed E-state index contributed by atoms with van der Waals surface area (Å²) in [6.45, 7) is 6.73. The van der Waals surface area contributed by atoms with E-state index < -0.39 is 6.10 Å². The first-order chi connectivity index (χ1) is 39.5. The van der Waals surface area contributed by atoms with Gasteiger partial charge >= 0.3 is 17.9 Å². The van der Waals surface area contributed by atoms with Gasteiger partial charge in [0.1, 0.15) is 13.2 Å². The second kappa shape index (κ2) is 69.6. The molecule has 0 saturated heterocycles. The van der Waals surface area contributed by atoms with Crippen LogP contribution in [0.3, 0.4) is 0 Å². The lowest BCUT2D eigenvalue weighted by molar-refractivity contribution is -0.167. The van der Waals surface area contributed by atoms with E-state index in [4.69, 9.17) is 14.2 Å². The smallest absolute Gasteiger partial charge is 0.306 e. The van der Waals surface area contributed by atoms with Crippen LogP contribution in [-0.4, -0.2) is 37.2 Å². The minimum Gasteiger partial charge on any atom is -0.462 e. The van der Waals surface area contributed by atoms with E-state index in [0.29, 0.717) is 19.3 Å². The van der Waals surface area contributed by atoms with Crippen molar-refractivity contribution >= 4 is 17.9 Å². The summed E-state index contributed by atoms with van der Waals surface area (Å²) in [6, 6.07) is 0. The Bertz CT molecular complexity index is 1250. The lowest BCUT2D eigenvalue weighted by atomic mass is 10.0. The Balaban J connectivity index is 4.22. The van der Waals surface area contributed by atoms with Gasteiger partial charge in [0.25, 0.3) is 0 Å². The quantitative estimate of drug-likeness (QED) is 0.0261. The molecule has 0 heterocycles. The van der Waals surface area contributed by atoms with Crippen molar-refractivity contribution in [3.05, 3.63) is 12.2 Å². The molecule has 0 amide bonds. The van der Waals surface area contributed by atoms with Gasteiger partial charge < -0.3 is 14.2 Å². The van der Waals surface area contributed by atoms with Crippen LogP contribution in [0.1, 0.15) is 425 Å². The normalized spacial score (nSPS) is 12.0. The molecule has 6 nitrogen and oxygen atoms in total. The van der Waals surface area contributed by atoms with Gasteiger partial charge in [0.05, 0.1) is 0 Å². The SMILES string of the molecule is CCCCCCCCC/C=C\CCCCCCCC(=O)OCC(COC(=O)CCCCCCCCCCCCCCCCCCCCCCCCCCCCC)OC(=O)CCCCCCCCCCCCCCCCCCCCC. The van der Waals surface area contributed by atoms with Gasteiger partial charge in [0.15, 0.2) is 6.10 Å². The number of hydrogen-bond acceptors (Lipinski definition) is 6. The first-order valence-electron chi connectivity index (χ1n) is 36.7. The molecule has 0 N–H and O–H groups in total. The molecule has 0 aromatic rings. The molecule has 0 aromatic carbocycles. The van der Waals surface area contributed by atoms with Crippen molar-refractivity contribution < 1.29 is 28.6 Å². The first kappa shape index (κ1) is 78.1. The number of carbonyl (C=O) groups is 3. The van der Waals surface area contributed by atoms with E-state index in [1.807, 2.05) is 0 Å². The van der Waals surface area contributed by atoms with E-state index in [2.05, 4.69) is 32.9 Å². The van der Waals surface area contributed by atoms with Crippen molar-refractivity contribution in [3.8, 4) is 0 Å². The Morgan fingerprint density at radius 2 is 0.412 bits per heavy atom. The lowest BCUT2D eigenvalue weighted by Crippen LogP contribution is -2.30. The molecule has 0 radical (unpaired) electrons. The number of unbranched alkanes of at least 4 members (excludes halogenated alkanes) is 56. The van der Waals surface area contributed by atoms with Crippen LogP contribution in [0.25, 0.3) is 0 Å². The van der Waals surface area contributed by atoms with Crippen molar-refractivity contribution in [1.82, 2.24) is 0 Å². The van der Waals surface area contributed by atoms with E-state index in [0.717, 1.165) is 64.2 Å². The van der Waals surface area contributed by atoms with E-state index in [9.17, 15) is 14.4 Å². The molecule has 0 rings (SSSR count). The third kappa shape index (κ3) is 66.9. The predicted molar refractivity (Wildman–Crippen MR) is 349 cm³/mol. The Morgan fingerprint density at radius 1 is 0.237 bits per heavy atom. The molecule has 0 fully saturated rings. The van der Waals surface area contributed by atoms with Crippen LogP contribution < -0.4 is 0 Å². The summed E-state index contributed by atoms with van der Waals surface area (Å²) in [5, 5.41) is 0. The first-order valence-corrected chi connectivity index (χ1v) is 36.7. The maximum absolute atomic E-state index is 13.0. The van der Waals surface area contributed by atoms with Gasteiger partial charge in [-0.15, -0.1) is 0 Å². The van der Waals surface area contributed by atoms with Crippen LogP contribution >= 0.6 is 0 Å². The Kier molecular flexibility index (Phi) is 68.0. The van der Waals surface area contributed by atoms with Gasteiger partial charge in [-0.3, -0.25) is 14.4 Å². The van der Waals surface area contributed by atoms with Crippen LogP contribution in [0.5, 0.6) is 0 Å². The van der Waals surface area contributed by atoms with Gasteiger partial charge in [-0.25, -0.2) is 0 Å². The van der Waals surface area contributed by atoms with Crippen molar-refractivity contribution in [3.63, 3.8) is 0 Å². The highest BCUT2D eigenvalue weighted by atomic mass is 16.6. The van der Waals surface area contributed by atoms with Gasteiger partial charge in [-0.1, -0.05) is 373 Å². The molecule has 0 aliphatic carbocycles. The fraction of sp³-hybridized carbons (Fsp3) is 0.932. The molecule has 0 aromatic heterocycles. The number of hydrogen-bond donors (Lipinski definition) is 0. The van der Waals surface area contributed by atoms with Crippen LogP contribution in [0, 0.1) is 0 Å². The minimum atomic E-state index is -0.770. The van der Waals surface area contributed by atoms with Gasteiger partial charge in [0.2, 0.25) is 0 Å². The second-order valence-electron chi connectivity index (χ2n) is 25.2. The molecule has 1 atom stereocenters. The summed E-state index contributed by atoms with van der Waals surface area (Å²) in [5.41, 5.74) is 0. The number of allylic oxidation sites excluding steroid dienone is 2. The largest absolute Gasteiger partial charge is 0.462 e. The molecule has 0 aliphatic heterocycles. The number of esters is 3. The standard InChI is InChI=1S/C74H142O6/c1-4-7-10-13-16-19-22-25-28-31-33-34-35-36-37-38-39-40-42-43-46-49-52-55-58-61-64-67-73(76)79-70-71(69-78-72(75)66-63-60-57-54-51-48-45-30-27-24-21-18-15-12-9-6-3)80-74(77)68-65-62-59-56-53-50-47-44-41-32-29-26-23-20-17-14-11-8-5-2/h30,45,71H,4-29,31-44,46-70H2,1-3H3/b45-30-. The molecule has 0 saturated carbocycles. The van der Waals surface area contributed by atoms with Crippen LogP contribution in [0.15, 0.2) is 12.2 Å². The van der Waals surface area contributed by atoms with Crippen molar-refractivity contribution in [1.29, 1.82) is 0 Å². The maximum Gasteiger partial charge on any atom is 0.306 e. The highest BCUT2D eigenvalue weighted by molar-refractivity contribution is 5.71. The van der Waals surface area contributed by atoms with Gasteiger partial charge in [-0.2, -0.15) is 0 Å². The molecule has 0 aliphatic rings. The second-order valence-corrected chi connectivity index (χ2v) is 25.2. The summed E-state index contributed by atoms with van der Waals surface area (Å²) < 4.78 is 17.0. The average Bonchev–Trinajstić information content (AvgIpc) is 3.46. The summed E-state index contributed by atoms with van der Waals surface area (Å²) in [7, 11) is 0.